The van der Waals surface area contributed by atoms with Gasteiger partial charge >= 0.3 is 6.09 Å². The Morgan fingerprint density at radius 1 is 1.83 bits per heavy atom. The van der Waals surface area contributed by atoms with Crippen LogP contribution in [0.25, 0.3) is 0 Å². The lowest BCUT2D eigenvalue weighted by Gasteiger charge is -1.96. The molecule has 0 atom stereocenters. The molecule has 0 saturated heterocycles. The second kappa shape index (κ2) is 4.06. The first-order valence-corrected chi connectivity index (χ1v) is 4.44. The Kier molecular flexibility index (Phi) is 3.04. The minimum absolute atomic E-state index is 0.429. The quantitative estimate of drug-likeness (QED) is 0.747. The summed E-state index contributed by atoms with van der Waals surface area (Å²) in [6.07, 6.45) is -0.321. The zero-order valence-corrected chi connectivity index (χ0v) is 7.52. The van der Waals surface area contributed by atoms with Crippen LogP contribution in [0.2, 0.25) is 0 Å². The topological polar surface area (TPSA) is 62.2 Å². The van der Waals surface area contributed by atoms with Crippen molar-refractivity contribution in [1.29, 1.82) is 0 Å². The fourth-order valence-electron chi connectivity index (χ4n) is 0.821. The van der Waals surface area contributed by atoms with Gasteiger partial charge in [0, 0.05) is 18.3 Å². The van der Waals surface area contributed by atoms with Crippen LogP contribution in [0.1, 0.15) is 10.7 Å². The van der Waals surface area contributed by atoms with Crippen LogP contribution < -0.4 is 5.32 Å². The van der Waals surface area contributed by atoms with Gasteiger partial charge in [0.25, 0.3) is 0 Å². The van der Waals surface area contributed by atoms with Crippen LogP contribution in [0.3, 0.4) is 0 Å². The molecule has 5 heteroatoms. The van der Waals surface area contributed by atoms with Crippen molar-refractivity contribution >= 4 is 17.4 Å². The van der Waals surface area contributed by atoms with Crippen molar-refractivity contribution in [2.24, 2.45) is 0 Å². The number of aryl methyl sites for hydroxylation is 1. The van der Waals surface area contributed by atoms with Gasteiger partial charge in [0.1, 0.15) is 0 Å². The third-order valence-corrected chi connectivity index (χ3v) is 2.15. The van der Waals surface area contributed by atoms with Crippen LogP contribution in [0.4, 0.5) is 4.79 Å². The average molecular weight is 186 g/mol. The molecule has 0 bridgehead atoms. The molecule has 66 valence electrons. The Labute approximate surface area is 74.3 Å². The van der Waals surface area contributed by atoms with Gasteiger partial charge in [0.05, 0.1) is 10.7 Å². The Morgan fingerprint density at radius 2 is 2.58 bits per heavy atom. The minimum Gasteiger partial charge on any atom is -0.465 e. The Hall–Kier alpha value is -1.10. The first-order chi connectivity index (χ1) is 5.68. The highest BCUT2D eigenvalue weighted by Gasteiger charge is 1.98. The molecule has 0 unspecified atom stereocenters. The van der Waals surface area contributed by atoms with Crippen molar-refractivity contribution in [1.82, 2.24) is 10.3 Å². The van der Waals surface area contributed by atoms with Crippen LogP contribution in [0, 0.1) is 6.92 Å². The van der Waals surface area contributed by atoms with E-state index in [1.54, 1.807) is 11.3 Å². The molecular weight excluding hydrogens is 176 g/mol. The molecule has 0 radical (unpaired) electrons. The van der Waals surface area contributed by atoms with E-state index >= 15 is 0 Å². The summed E-state index contributed by atoms with van der Waals surface area (Å²) in [5, 5.41) is 13.5. The van der Waals surface area contributed by atoms with E-state index in [-0.39, 0.29) is 0 Å². The smallest absolute Gasteiger partial charge is 0.404 e. The van der Waals surface area contributed by atoms with E-state index in [0.717, 1.165) is 10.7 Å². The van der Waals surface area contributed by atoms with Gasteiger partial charge in [-0.15, -0.1) is 11.3 Å². The normalized spacial score (nSPS) is 9.75. The van der Waals surface area contributed by atoms with Gasteiger partial charge in [0.2, 0.25) is 0 Å². The fourth-order valence-corrected chi connectivity index (χ4v) is 1.47. The molecule has 0 aliphatic carbocycles. The summed E-state index contributed by atoms with van der Waals surface area (Å²) < 4.78 is 0. The highest BCUT2D eigenvalue weighted by molar-refractivity contribution is 7.09. The maximum absolute atomic E-state index is 10.1. The summed E-state index contributed by atoms with van der Waals surface area (Å²) >= 11 is 1.58. The standard InChI is InChI=1S/C7H10N2O2S/c1-5-9-6(4-12-5)2-3-8-7(10)11/h4,8H,2-3H2,1H3,(H,10,11). The maximum atomic E-state index is 10.1. The molecule has 2 N–H and O–H groups in total. The van der Waals surface area contributed by atoms with Crippen LogP contribution in [-0.2, 0) is 6.42 Å². The van der Waals surface area contributed by atoms with Crippen molar-refractivity contribution in [3.8, 4) is 0 Å². The molecular formula is C7H10N2O2S. The lowest BCUT2D eigenvalue weighted by Crippen LogP contribution is -2.23. The van der Waals surface area contributed by atoms with E-state index < -0.39 is 6.09 Å². The summed E-state index contributed by atoms with van der Waals surface area (Å²) in [6, 6.07) is 0. The van der Waals surface area contributed by atoms with Crippen molar-refractivity contribution < 1.29 is 9.90 Å². The monoisotopic (exact) mass is 186 g/mol. The number of nitrogens with zero attached hydrogens (tertiary/aromatic N) is 1. The molecule has 0 aromatic carbocycles. The predicted molar refractivity (Wildman–Crippen MR) is 46.6 cm³/mol. The SMILES string of the molecule is Cc1nc(CCNC(=O)O)cs1. The van der Waals surface area contributed by atoms with Gasteiger partial charge in [-0.05, 0) is 6.92 Å². The summed E-state index contributed by atoms with van der Waals surface area (Å²) in [4.78, 5) is 14.3. The number of thiazole rings is 1. The lowest BCUT2D eigenvalue weighted by molar-refractivity contribution is 0.194. The van der Waals surface area contributed by atoms with Gasteiger partial charge in [-0.25, -0.2) is 9.78 Å². The summed E-state index contributed by atoms with van der Waals surface area (Å²) in [7, 11) is 0. The van der Waals surface area contributed by atoms with E-state index in [0.29, 0.717) is 13.0 Å². The number of rotatable bonds is 3. The predicted octanol–water partition coefficient (Wildman–Crippen LogP) is 1.26. The fraction of sp³-hybridized carbons (Fsp3) is 0.429. The van der Waals surface area contributed by atoms with Crippen LogP contribution in [0.5, 0.6) is 0 Å². The second-order valence-electron chi connectivity index (χ2n) is 2.34. The van der Waals surface area contributed by atoms with Crippen molar-refractivity contribution in [3.05, 3.63) is 16.1 Å². The van der Waals surface area contributed by atoms with Crippen molar-refractivity contribution in [2.75, 3.05) is 6.54 Å². The number of hydrogen-bond donors (Lipinski definition) is 2. The molecule has 1 aromatic rings. The Bertz CT molecular complexity index is 272. The van der Waals surface area contributed by atoms with Crippen LogP contribution in [-0.4, -0.2) is 22.7 Å². The van der Waals surface area contributed by atoms with Gasteiger partial charge in [-0.2, -0.15) is 0 Å². The van der Waals surface area contributed by atoms with Crippen molar-refractivity contribution in [3.63, 3.8) is 0 Å². The van der Waals surface area contributed by atoms with Gasteiger partial charge < -0.3 is 10.4 Å². The molecule has 1 aromatic heterocycles. The average Bonchev–Trinajstić information content (AvgIpc) is 2.35. The maximum Gasteiger partial charge on any atom is 0.404 e. The summed E-state index contributed by atoms with van der Waals surface area (Å²) in [5.41, 5.74) is 0.950. The minimum atomic E-state index is -0.984. The van der Waals surface area contributed by atoms with Gasteiger partial charge in [0.15, 0.2) is 0 Å². The molecule has 1 heterocycles. The largest absolute Gasteiger partial charge is 0.465 e. The zero-order valence-electron chi connectivity index (χ0n) is 6.70. The summed E-state index contributed by atoms with van der Waals surface area (Å²) in [5.74, 6) is 0. The first-order valence-electron chi connectivity index (χ1n) is 3.56. The molecule has 1 rings (SSSR count). The molecule has 12 heavy (non-hydrogen) atoms. The Morgan fingerprint density at radius 3 is 3.08 bits per heavy atom. The molecule has 0 saturated carbocycles. The molecule has 0 spiro atoms. The van der Waals surface area contributed by atoms with Crippen molar-refractivity contribution in [2.45, 2.75) is 13.3 Å². The Balaban J connectivity index is 2.29. The van der Waals surface area contributed by atoms with Crippen LogP contribution in [0.15, 0.2) is 5.38 Å². The number of hydrogen-bond acceptors (Lipinski definition) is 3. The lowest BCUT2D eigenvalue weighted by atomic mass is 10.3. The van der Waals surface area contributed by atoms with Gasteiger partial charge in [-0.1, -0.05) is 0 Å². The molecule has 0 aliphatic heterocycles. The highest BCUT2D eigenvalue weighted by Crippen LogP contribution is 2.07. The van der Waals surface area contributed by atoms with E-state index in [9.17, 15) is 4.79 Å². The molecule has 1 amide bonds. The number of carboxylic acid groups (broad SMARTS) is 1. The first kappa shape index (κ1) is 8.99. The number of carbonyl (C=O) groups is 1. The second-order valence-corrected chi connectivity index (χ2v) is 3.40. The number of nitrogens with one attached hydrogen (secondary N) is 1. The summed E-state index contributed by atoms with van der Waals surface area (Å²) in [6.45, 7) is 2.36. The van der Waals surface area contributed by atoms with E-state index in [4.69, 9.17) is 5.11 Å². The van der Waals surface area contributed by atoms with Gasteiger partial charge in [-0.3, -0.25) is 0 Å². The third kappa shape index (κ3) is 2.87. The van der Waals surface area contributed by atoms with E-state index in [2.05, 4.69) is 10.3 Å². The number of aromatic nitrogens is 1. The van der Waals surface area contributed by atoms with Crippen LogP contribution >= 0.6 is 11.3 Å². The van der Waals surface area contributed by atoms with E-state index in [1.807, 2.05) is 12.3 Å². The number of amides is 1. The molecule has 4 nitrogen and oxygen atoms in total. The van der Waals surface area contributed by atoms with E-state index in [1.165, 1.54) is 0 Å². The zero-order chi connectivity index (χ0) is 8.97. The molecule has 0 fully saturated rings. The third-order valence-electron chi connectivity index (χ3n) is 1.32. The molecule has 0 aliphatic rings. The highest BCUT2D eigenvalue weighted by atomic mass is 32.1.